The Hall–Kier alpha value is -4.09. The van der Waals surface area contributed by atoms with E-state index in [1.54, 1.807) is 4.90 Å². The Kier molecular flexibility index (Phi) is 14.3. The van der Waals surface area contributed by atoms with Gasteiger partial charge in [-0.15, -0.1) is 11.8 Å². The van der Waals surface area contributed by atoms with Gasteiger partial charge in [-0.25, -0.2) is 18.8 Å². The Bertz CT molecular complexity index is 1590. The molecule has 6 N–H and O–H groups in total. The molecule has 4 heterocycles. The number of halogens is 1. The number of H-pyrrole nitrogens is 1. The van der Waals surface area contributed by atoms with Crippen molar-refractivity contribution in [2.24, 2.45) is 5.92 Å². The molecule has 1 fully saturated rings. The lowest BCUT2D eigenvalue weighted by Crippen LogP contribution is -2.30. The van der Waals surface area contributed by atoms with Gasteiger partial charge in [-0.2, -0.15) is 9.97 Å². The summed E-state index contributed by atoms with van der Waals surface area (Å²) < 4.78 is 45.8. The summed E-state index contributed by atoms with van der Waals surface area (Å²) in [5, 5.41) is 2.96. The van der Waals surface area contributed by atoms with Gasteiger partial charge in [0.15, 0.2) is 17.5 Å². The number of anilines is 4. The van der Waals surface area contributed by atoms with Crippen molar-refractivity contribution >= 4 is 74.9 Å². The van der Waals surface area contributed by atoms with E-state index in [9.17, 15) is 28.4 Å². The Balaban J connectivity index is 1.03. The van der Waals surface area contributed by atoms with Gasteiger partial charge in [0, 0.05) is 36.6 Å². The smallest absolute Gasteiger partial charge is 0.465 e. The van der Waals surface area contributed by atoms with E-state index < -0.39 is 47.3 Å². The van der Waals surface area contributed by atoms with Crippen LogP contribution in [-0.2, 0) is 33.2 Å². The molecule has 0 spiro atoms. The highest BCUT2D eigenvalue weighted by Gasteiger charge is 2.30. The second-order valence-electron chi connectivity index (χ2n) is 10.2. The molecule has 0 bridgehead atoms. The summed E-state index contributed by atoms with van der Waals surface area (Å²) in [6, 6.07) is 0. The molecule has 270 valence electrons. The van der Waals surface area contributed by atoms with Crippen molar-refractivity contribution in [3.8, 4) is 0 Å². The normalized spacial score (nSPS) is 17.1. The first-order valence-electron chi connectivity index (χ1n) is 14.7. The molecule has 4 rings (SSSR count). The molecule has 0 aromatic carbocycles. The number of nitrogen functional groups attached to an aromatic ring is 2. The number of hydrogen-bond acceptors (Lipinski definition) is 20. The molecule has 49 heavy (non-hydrogen) atoms. The molecule has 0 saturated carbocycles. The summed E-state index contributed by atoms with van der Waals surface area (Å²) in [6.45, 7) is 1.98. The van der Waals surface area contributed by atoms with Crippen LogP contribution in [0.4, 0.5) is 37.3 Å². The molecule has 1 saturated heterocycles. The first-order valence-corrected chi connectivity index (χ1v) is 18.2. The van der Waals surface area contributed by atoms with Gasteiger partial charge in [0.05, 0.1) is 19.5 Å². The minimum absolute atomic E-state index is 0.0119. The van der Waals surface area contributed by atoms with Gasteiger partial charge in [0.1, 0.15) is 43.8 Å². The van der Waals surface area contributed by atoms with Crippen LogP contribution in [-0.4, -0.2) is 107 Å². The number of thioether (sulfide) groups is 1. The van der Waals surface area contributed by atoms with Crippen molar-refractivity contribution in [2.45, 2.75) is 25.0 Å². The van der Waals surface area contributed by atoms with Gasteiger partial charge < -0.3 is 50.1 Å². The molecule has 2 aliphatic rings. The third-order valence-corrected chi connectivity index (χ3v) is 10.0. The number of nitrogens with one attached hydrogen (secondary N) is 2. The highest BCUT2D eigenvalue weighted by Crippen LogP contribution is 2.31. The first-order chi connectivity index (χ1) is 23.5. The summed E-state index contributed by atoms with van der Waals surface area (Å²) in [7, 11) is 2.78. The predicted molar refractivity (Wildman–Crippen MR) is 179 cm³/mol. The van der Waals surface area contributed by atoms with Crippen LogP contribution in [0.2, 0.25) is 0 Å². The minimum atomic E-state index is -0.896. The highest BCUT2D eigenvalue weighted by molar-refractivity contribution is 8.76. The van der Waals surface area contributed by atoms with E-state index in [0.717, 1.165) is 10.8 Å². The summed E-state index contributed by atoms with van der Waals surface area (Å²) in [4.78, 5) is 71.1. The van der Waals surface area contributed by atoms with Crippen LogP contribution in [0.15, 0.2) is 15.8 Å². The number of aromatic amines is 1. The molecular formula is C26H35FN8O11S3. The molecule has 3 atom stereocenters. The average Bonchev–Trinajstić information content (AvgIpc) is 3.70. The maximum absolute atomic E-state index is 13.7. The Morgan fingerprint density at radius 3 is 2.49 bits per heavy atom. The number of fused-ring (bicyclic) bond motifs is 1. The zero-order valence-corrected chi connectivity index (χ0v) is 28.6. The summed E-state index contributed by atoms with van der Waals surface area (Å²) in [5.74, 6) is -0.582. The number of nitrogens with zero attached hydrogens (tertiary/aromatic N) is 4. The number of aromatic nitrogens is 4. The number of hydrogen-bond donors (Lipinski definition) is 4. The number of ether oxygens (including phenoxy) is 6. The zero-order valence-electron chi connectivity index (χ0n) is 26.1. The highest BCUT2D eigenvalue weighted by atomic mass is 33.1. The second-order valence-corrected chi connectivity index (χ2v) is 14.1. The number of rotatable bonds is 17. The molecule has 0 radical (unpaired) electrons. The van der Waals surface area contributed by atoms with Crippen molar-refractivity contribution in [1.29, 1.82) is 0 Å². The molecule has 2 unspecified atom stereocenters. The molecule has 0 amide bonds. The molecule has 2 aromatic rings. The van der Waals surface area contributed by atoms with Crippen LogP contribution in [0.5, 0.6) is 0 Å². The maximum Gasteiger partial charge on any atom is 0.508 e. The van der Waals surface area contributed by atoms with Crippen molar-refractivity contribution in [1.82, 2.24) is 19.5 Å². The van der Waals surface area contributed by atoms with Gasteiger partial charge in [0.25, 0.3) is 5.56 Å². The first kappa shape index (κ1) is 37.7. The zero-order chi connectivity index (χ0) is 35.3. The Labute approximate surface area is 290 Å². The molecule has 19 nitrogen and oxygen atoms in total. The van der Waals surface area contributed by atoms with E-state index in [2.05, 4.69) is 20.3 Å². The summed E-state index contributed by atoms with van der Waals surface area (Å²) >= 11 is 1.28. The molecule has 2 aliphatic heterocycles. The van der Waals surface area contributed by atoms with Crippen LogP contribution in [0.3, 0.4) is 0 Å². The van der Waals surface area contributed by atoms with E-state index in [0.29, 0.717) is 48.4 Å². The minimum Gasteiger partial charge on any atom is -0.465 e. The molecule has 0 aliphatic carbocycles. The summed E-state index contributed by atoms with van der Waals surface area (Å²) in [5.41, 5.74) is 9.54. The van der Waals surface area contributed by atoms with Crippen LogP contribution in [0.1, 0.15) is 19.6 Å². The van der Waals surface area contributed by atoms with Crippen LogP contribution in [0, 0.1) is 11.7 Å². The van der Waals surface area contributed by atoms with E-state index in [4.69, 9.17) is 39.9 Å². The van der Waals surface area contributed by atoms with Gasteiger partial charge in [-0.3, -0.25) is 19.1 Å². The number of carbonyl (C=O) groups excluding carboxylic acids is 3. The second kappa shape index (κ2) is 18.6. The molecule has 23 heteroatoms. The third-order valence-electron chi connectivity index (χ3n) is 6.60. The van der Waals surface area contributed by atoms with E-state index >= 15 is 0 Å². The van der Waals surface area contributed by atoms with E-state index in [1.165, 1.54) is 40.3 Å². The van der Waals surface area contributed by atoms with Crippen molar-refractivity contribution in [2.75, 3.05) is 85.2 Å². The lowest BCUT2D eigenvalue weighted by Gasteiger charge is -2.21. The largest absolute Gasteiger partial charge is 0.508 e. The fourth-order valence-electron chi connectivity index (χ4n) is 4.27. The van der Waals surface area contributed by atoms with Crippen LogP contribution < -0.4 is 32.9 Å². The fourth-order valence-corrected chi connectivity index (χ4v) is 6.91. The van der Waals surface area contributed by atoms with Crippen LogP contribution >= 0.6 is 33.3 Å². The monoisotopic (exact) mass is 750 g/mol. The van der Waals surface area contributed by atoms with Gasteiger partial charge in [-0.05, 0) is 6.42 Å². The molecular weight excluding hydrogens is 716 g/mol. The van der Waals surface area contributed by atoms with E-state index in [1.807, 2.05) is 0 Å². The number of esters is 1. The lowest BCUT2D eigenvalue weighted by molar-refractivity contribution is -0.142. The van der Waals surface area contributed by atoms with Crippen molar-refractivity contribution < 1.29 is 47.2 Å². The fraction of sp³-hybridized carbons (Fsp3) is 0.577. The Morgan fingerprint density at radius 2 is 1.78 bits per heavy atom. The van der Waals surface area contributed by atoms with Gasteiger partial charge in [-0.1, -0.05) is 21.6 Å². The number of carbonyl (C=O) groups is 3. The SMILES string of the molecule is CC(=O)OCC(CCN1CNc2c1nc(N)[nH]c2=O)COC(=O)OCCSSCCOC(=O)OC[C@@H]1OC(n2cc(F)c(N)nc2=O)CS1. The topological polar surface area (TPSA) is 255 Å². The van der Waals surface area contributed by atoms with Gasteiger partial charge in [0.2, 0.25) is 5.95 Å². The standard InChI is InChI=1S/C26H35FN8O11S3/c1-14(36)43-9-15(2-3-34-13-30-19-21(34)32-23(29)33-22(19)37)10-44-25(39)41-4-6-48-49-7-5-42-26(40)45-11-18-46-17(12-47-18)35-8-16(27)20(28)31-24(35)38/h8,15,17-18,30H,2-7,9-13H2,1H3,(H2,28,31,38)(H3,29,32,33,37)/t15?,17?,18-/m1/s1. The average molecular weight is 751 g/mol. The third kappa shape index (κ3) is 11.8. The Morgan fingerprint density at radius 1 is 1.08 bits per heavy atom. The van der Waals surface area contributed by atoms with Crippen molar-refractivity contribution in [3.63, 3.8) is 0 Å². The van der Waals surface area contributed by atoms with Gasteiger partial charge >= 0.3 is 24.0 Å². The quantitative estimate of drug-likeness (QED) is 0.0770. The molecule has 2 aromatic heterocycles. The lowest BCUT2D eigenvalue weighted by atomic mass is 10.1. The maximum atomic E-state index is 13.7. The predicted octanol–water partition coefficient (Wildman–Crippen LogP) is 1.37. The summed E-state index contributed by atoms with van der Waals surface area (Å²) in [6.07, 6.45) is -1.20. The van der Waals surface area contributed by atoms with Crippen molar-refractivity contribution in [3.05, 3.63) is 32.9 Å². The van der Waals surface area contributed by atoms with E-state index in [-0.39, 0.29) is 50.5 Å². The number of nitrogens with two attached hydrogens (primary N) is 2. The van der Waals surface area contributed by atoms with Crippen LogP contribution in [0.25, 0.3) is 0 Å².